The van der Waals surface area contributed by atoms with E-state index in [0.717, 1.165) is 20.9 Å². The minimum absolute atomic E-state index is 0.0142. The second-order valence-electron chi connectivity index (χ2n) is 6.61. The van der Waals surface area contributed by atoms with E-state index in [-0.39, 0.29) is 22.0 Å². The number of aromatic nitrogens is 2. The summed E-state index contributed by atoms with van der Waals surface area (Å²) in [4.78, 5) is 41.6. The maximum Gasteiger partial charge on any atom is 0.333 e. The molecule has 32 heavy (non-hydrogen) atoms. The van der Waals surface area contributed by atoms with Gasteiger partial charge in [0, 0.05) is 14.1 Å². The third kappa shape index (κ3) is 5.09. The van der Waals surface area contributed by atoms with Crippen molar-refractivity contribution >= 4 is 45.7 Å². The zero-order valence-electron chi connectivity index (χ0n) is 17.0. The van der Waals surface area contributed by atoms with Crippen molar-refractivity contribution in [3.63, 3.8) is 0 Å². The Hall–Kier alpha value is -3.37. The summed E-state index contributed by atoms with van der Waals surface area (Å²) in [6.45, 7) is 0. The van der Waals surface area contributed by atoms with E-state index in [4.69, 9.17) is 11.6 Å². The van der Waals surface area contributed by atoms with Crippen molar-refractivity contribution in [2.45, 2.75) is 0 Å². The van der Waals surface area contributed by atoms with Crippen molar-refractivity contribution in [2.75, 3.05) is 11.1 Å². The van der Waals surface area contributed by atoms with Gasteiger partial charge in [-0.2, -0.15) is 0 Å². The van der Waals surface area contributed by atoms with Crippen molar-refractivity contribution in [2.24, 2.45) is 19.1 Å². The number of carbonyl (C=O) groups is 1. The molecule has 8 nitrogen and oxygen atoms in total. The van der Waals surface area contributed by atoms with Gasteiger partial charge in [0.25, 0.3) is 5.56 Å². The molecule has 0 saturated carbocycles. The normalized spacial score (nSPS) is 11.4. The van der Waals surface area contributed by atoms with Gasteiger partial charge in [-0.1, -0.05) is 35.5 Å². The first kappa shape index (κ1) is 23.3. The molecule has 0 radical (unpaired) electrons. The lowest BCUT2D eigenvalue weighted by Gasteiger charge is -2.13. The molecule has 0 aliphatic heterocycles. The summed E-state index contributed by atoms with van der Waals surface area (Å²) in [5.74, 6) is -1.69. The molecule has 166 valence electrons. The van der Waals surface area contributed by atoms with Gasteiger partial charge in [0.15, 0.2) is 0 Å². The number of benzene rings is 2. The van der Waals surface area contributed by atoms with Gasteiger partial charge in [-0.25, -0.2) is 14.2 Å². The van der Waals surface area contributed by atoms with Gasteiger partial charge in [-0.15, -0.1) is 0 Å². The van der Waals surface area contributed by atoms with Crippen LogP contribution in [0.25, 0.3) is 0 Å². The number of anilines is 1. The Morgan fingerprint density at radius 3 is 2.44 bits per heavy atom. The molecule has 0 saturated heterocycles. The van der Waals surface area contributed by atoms with Gasteiger partial charge in [0.2, 0.25) is 11.8 Å². The first-order chi connectivity index (χ1) is 15.2. The second-order valence-corrected chi connectivity index (χ2v) is 7.99. The van der Waals surface area contributed by atoms with E-state index in [2.05, 4.69) is 10.3 Å². The van der Waals surface area contributed by atoms with Crippen LogP contribution in [0.3, 0.4) is 0 Å². The molecule has 1 heterocycles. The third-order valence-electron chi connectivity index (χ3n) is 4.39. The highest BCUT2D eigenvalue weighted by Gasteiger charge is 2.22. The van der Waals surface area contributed by atoms with Crippen LogP contribution >= 0.6 is 23.4 Å². The Kier molecular flexibility index (Phi) is 7.16. The minimum Gasteiger partial charge on any atom is -0.494 e. The third-order valence-corrected chi connectivity index (χ3v) is 5.70. The second kappa shape index (κ2) is 9.84. The summed E-state index contributed by atoms with van der Waals surface area (Å²) in [5.41, 5.74) is -1.06. The van der Waals surface area contributed by atoms with Crippen molar-refractivity contribution in [1.29, 1.82) is 0 Å². The van der Waals surface area contributed by atoms with Gasteiger partial charge in [-0.3, -0.25) is 18.7 Å². The molecule has 0 aliphatic carbocycles. The molecule has 0 spiro atoms. The lowest BCUT2D eigenvalue weighted by atomic mass is 10.3. The smallest absolute Gasteiger partial charge is 0.333 e. The topological polar surface area (TPSA) is 106 Å². The lowest BCUT2D eigenvalue weighted by molar-refractivity contribution is -0.113. The number of nitrogens with one attached hydrogen (secondary N) is 1. The molecule has 0 atom stereocenters. The molecule has 0 unspecified atom stereocenters. The average Bonchev–Trinajstić information content (AvgIpc) is 2.77. The molecular weight excluding hydrogens is 459 g/mol. The van der Waals surface area contributed by atoms with Crippen LogP contribution in [0.5, 0.6) is 5.88 Å². The van der Waals surface area contributed by atoms with Crippen molar-refractivity contribution < 1.29 is 14.3 Å². The van der Waals surface area contributed by atoms with Gasteiger partial charge < -0.3 is 10.4 Å². The molecule has 1 aromatic heterocycles. The molecule has 3 aromatic rings. The fraction of sp³-hybridized carbons (Fsp3) is 0.143. The minimum atomic E-state index is -0.787. The summed E-state index contributed by atoms with van der Waals surface area (Å²) < 4.78 is 15.0. The Bertz CT molecular complexity index is 1320. The summed E-state index contributed by atoms with van der Waals surface area (Å²) in [7, 11) is 2.56. The molecule has 3 rings (SSSR count). The van der Waals surface area contributed by atoms with E-state index in [9.17, 15) is 23.9 Å². The van der Waals surface area contributed by atoms with Crippen LogP contribution < -0.4 is 16.6 Å². The fourth-order valence-corrected chi connectivity index (χ4v) is 3.71. The molecule has 11 heteroatoms. The van der Waals surface area contributed by atoms with Gasteiger partial charge in [0.1, 0.15) is 16.4 Å². The first-order valence-electron chi connectivity index (χ1n) is 9.20. The Morgan fingerprint density at radius 1 is 1.12 bits per heavy atom. The predicted molar refractivity (Wildman–Crippen MR) is 124 cm³/mol. The maximum atomic E-state index is 13.3. The van der Waals surface area contributed by atoms with Crippen LogP contribution in [-0.4, -0.2) is 30.9 Å². The van der Waals surface area contributed by atoms with E-state index in [1.807, 2.05) is 0 Å². The fourth-order valence-electron chi connectivity index (χ4n) is 2.70. The highest BCUT2D eigenvalue weighted by Crippen LogP contribution is 2.24. The van der Waals surface area contributed by atoms with Crippen LogP contribution in [0.4, 0.5) is 15.8 Å². The number of halogens is 2. The molecule has 0 fully saturated rings. The van der Waals surface area contributed by atoms with Gasteiger partial charge in [0.05, 0.1) is 22.2 Å². The van der Waals surface area contributed by atoms with E-state index in [1.54, 1.807) is 24.3 Å². The molecular formula is C21H18ClFN4O4S. The SMILES string of the molecule is Cn1c(O)c(C(=Nc2ccc(F)cc2)SCC(=O)Nc2ccccc2Cl)c(=O)n(C)c1=O. The van der Waals surface area contributed by atoms with Crippen molar-refractivity contribution in [1.82, 2.24) is 9.13 Å². The molecule has 1 amide bonds. The number of nitrogens with zero attached hydrogens (tertiary/aromatic N) is 3. The van der Waals surface area contributed by atoms with Crippen LogP contribution in [0.15, 0.2) is 63.1 Å². The number of thioether (sulfide) groups is 1. The summed E-state index contributed by atoms with van der Waals surface area (Å²) in [6, 6.07) is 11.8. The van der Waals surface area contributed by atoms with E-state index in [0.29, 0.717) is 10.7 Å². The van der Waals surface area contributed by atoms with Crippen LogP contribution in [0, 0.1) is 5.82 Å². The maximum absolute atomic E-state index is 13.3. The number of hydrogen-bond acceptors (Lipinski definition) is 6. The number of hydrogen-bond donors (Lipinski definition) is 2. The highest BCUT2D eigenvalue weighted by atomic mass is 35.5. The standard InChI is InChI=1S/C21H18ClFN4O4S/c1-26-19(29)17(20(30)27(2)21(26)31)18(24-13-9-7-12(23)8-10-13)32-11-16(28)25-15-6-4-3-5-14(15)22/h3-10,29H,11H2,1-2H3,(H,25,28). The highest BCUT2D eigenvalue weighted by molar-refractivity contribution is 8.15. The van der Waals surface area contributed by atoms with E-state index < -0.39 is 28.9 Å². The first-order valence-corrected chi connectivity index (χ1v) is 10.6. The number of aromatic hydroxyl groups is 1. The quantitative estimate of drug-likeness (QED) is 0.435. The van der Waals surface area contributed by atoms with E-state index >= 15 is 0 Å². The Morgan fingerprint density at radius 2 is 1.78 bits per heavy atom. The molecule has 0 aliphatic rings. The average molecular weight is 477 g/mol. The Labute approximate surface area is 191 Å². The van der Waals surface area contributed by atoms with Gasteiger partial charge >= 0.3 is 5.69 Å². The molecule has 2 N–H and O–H groups in total. The zero-order chi connectivity index (χ0) is 23.4. The zero-order valence-corrected chi connectivity index (χ0v) is 18.6. The summed E-state index contributed by atoms with van der Waals surface area (Å²) in [6.07, 6.45) is 0. The monoisotopic (exact) mass is 476 g/mol. The number of para-hydroxylation sites is 1. The number of aliphatic imine (C=N–C) groups is 1. The van der Waals surface area contributed by atoms with Crippen LogP contribution in [-0.2, 0) is 18.9 Å². The number of amides is 1. The Balaban J connectivity index is 1.99. The molecule has 2 aromatic carbocycles. The molecule has 0 bridgehead atoms. The van der Waals surface area contributed by atoms with Crippen molar-refractivity contribution in [3.05, 3.63) is 85.8 Å². The van der Waals surface area contributed by atoms with Gasteiger partial charge in [-0.05, 0) is 36.4 Å². The van der Waals surface area contributed by atoms with E-state index in [1.165, 1.54) is 38.4 Å². The summed E-state index contributed by atoms with van der Waals surface area (Å²) >= 11 is 6.92. The van der Waals surface area contributed by atoms with Crippen LogP contribution in [0.2, 0.25) is 5.02 Å². The number of carbonyl (C=O) groups excluding carboxylic acids is 1. The van der Waals surface area contributed by atoms with Crippen molar-refractivity contribution in [3.8, 4) is 5.88 Å². The lowest BCUT2D eigenvalue weighted by Crippen LogP contribution is -2.39. The predicted octanol–water partition coefficient (Wildman–Crippen LogP) is 3.03. The number of rotatable bonds is 5. The summed E-state index contributed by atoms with van der Waals surface area (Å²) in [5, 5.41) is 13.5. The largest absolute Gasteiger partial charge is 0.494 e. The van der Waals surface area contributed by atoms with Crippen LogP contribution in [0.1, 0.15) is 5.56 Å².